The van der Waals surface area contributed by atoms with Gasteiger partial charge in [-0.1, -0.05) is 241 Å². The normalized spacial score (nSPS) is 13.8. The van der Waals surface area contributed by atoms with Gasteiger partial charge in [-0.2, -0.15) is 0 Å². The number of esters is 1. The van der Waals surface area contributed by atoms with Crippen LogP contribution >= 0.6 is 0 Å². The third-order valence-electron chi connectivity index (χ3n) is 11.6. The topological polar surface area (TPSA) is 95.9 Å². The second-order valence-electron chi connectivity index (χ2n) is 17.7. The third kappa shape index (κ3) is 43.9. The minimum absolute atomic E-state index is 0.0207. The molecule has 0 spiro atoms. The van der Waals surface area contributed by atoms with Crippen molar-refractivity contribution in [3.05, 3.63) is 72.9 Å². The summed E-state index contributed by atoms with van der Waals surface area (Å²) in [6, 6.07) is -0.730. The first-order valence-corrected chi connectivity index (χ1v) is 26.2. The molecule has 0 aliphatic carbocycles. The highest BCUT2D eigenvalue weighted by Crippen LogP contribution is 2.17. The number of rotatable bonds is 46. The van der Waals surface area contributed by atoms with Crippen molar-refractivity contribution < 1.29 is 24.5 Å². The quantitative estimate of drug-likeness (QED) is 0.0245. The maximum Gasteiger partial charge on any atom is 0.306 e. The van der Waals surface area contributed by atoms with Gasteiger partial charge in [-0.3, -0.25) is 9.59 Å². The van der Waals surface area contributed by atoms with E-state index >= 15 is 0 Å². The van der Waals surface area contributed by atoms with Crippen LogP contribution in [0, 0.1) is 0 Å². The molecule has 0 rings (SSSR count). The number of carbonyl (C=O) groups is 2. The number of aliphatic hydroxyl groups is 2. The highest BCUT2D eigenvalue weighted by molar-refractivity contribution is 5.77. The highest BCUT2D eigenvalue weighted by Gasteiger charge is 2.24. The summed E-state index contributed by atoms with van der Waals surface area (Å²) in [6.07, 6.45) is 62.6. The number of aliphatic hydroxyl groups excluding tert-OH is 2. The van der Waals surface area contributed by atoms with Crippen LogP contribution in [0.5, 0.6) is 0 Å². The van der Waals surface area contributed by atoms with Gasteiger partial charge in [0.05, 0.1) is 25.2 Å². The van der Waals surface area contributed by atoms with Crippen LogP contribution in [0.4, 0.5) is 0 Å². The largest absolute Gasteiger partial charge is 0.462 e. The van der Waals surface area contributed by atoms with Gasteiger partial charge in [-0.05, 0) is 64.2 Å². The highest BCUT2D eigenvalue weighted by atomic mass is 16.5. The zero-order valence-electron chi connectivity index (χ0n) is 40.7. The number of nitrogens with one attached hydrogen (secondary N) is 1. The first-order chi connectivity index (χ1) is 30.5. The maximum atomic E-state index is 13.2. The lowest BCUT2D eigenvalue weighted by Gasteiger charge is -2.24. The van der Waals surface area contributed by atoms with Crippen LogP contribution in [0.3, 0.4) is 0 Å². The Hall–Kier alpha value is -2.70. The molecule has 6 heteroatoms. The van der Waals surface area contributed by atoms with Gasteiger partial charge in [0.15, 0.2) is 0 Å². The lowest BCUT2D eigenvalue weighted by molar-refractivity contribution is -0.151. The van der Waals surface area contributed by atoms with E-state index in [4.69, 9.17) is 4.74 Å². The summed E-state index contributed by atoms with van der Waals surface area (Å²) in [5, 5.41) is 23.8. The van der Waals surface area contributed by atoms with Crippen molar-refractivity contribution in [3.63, 3.8) is 0 Å². The van der Waals surface area contributed by atoms with E-state index in [1.54, 1.807) is 0 Å². The Labute approximate surface area is 383 Å². The second-order valence-corrected chi connectivity index (χ2v) is 17.7. The molecule has 0 bridgehead atoms. The van der Waals surface area contributed by atoms with E-state index in [0.29, 0.717) is 19.3 Å². The van der Waals surface area contributed by atoms with E-state index in [1.807, 2.05) is 48.6 Å². The molecule has 0 heterocycles. The van der Waals surface area contributed by atoms with Crippen molar-refractivity contribution in [3.8, 4) is 0 Å². The standard InChI is InChI=1S/C56H99NO5/c1-4-7-10-13-16-19-22-25-26-27-28-31-33-36-39-42-45-48-54(59)53(51-58)57-55(60)50-52(47-44-41-38-35-32-29-23-20-17-14-11-8-5-2)62-56(61)49-46-43-40-37-34-30-24-21-18-15-12-9-6-3/h8,11,14,17,20,23,29-30,32,34-35,38,52-54,58-59H,4-7,9-10,12-13,15-16,18-19,21-22,24-28,31,33,36-37,39-51H2,1-3H3,(H,57,60)/b11-8+,17-14+,23-20-,32-29-,34-30-,38-35+. The number of allylic oxidation sites excluding steroid dienone is 12. The van der Waals surface area contributed by atoms with Crippen LogP contribution in [0.1, 0.15) is 245 Å². The summed E-state index contributed by atoms with van der Waals surface area (Å²) in [4.78, 5) is 26.1. The SMILES string of the molecule is CC/C=C/C=C/C=C\C=C/C=C/CCCC(CC(=O)NC(CO)C(O)CCCCCCCCCCCCCCCCCCC)OC(=O)CCCCC/C=C\CCCCCCCC. The molecule has 0 saturated heterocycles. The summed E-state index contributed by atoms with van der Waals surface area (Å²) >= 11 is 0. The average molecular weight is 866 g/mol. The molecule has 0 aliphatic heterocycles. The molecule has 1 amide bonds. The van der Waals surface area contributed by atoms with Gasteiger partial charge in [-0.25, -0.2) is 0 Å². The Morgan fingerprint density at radius 3 is 1.39 bits per heavy atom. The minimum Gasteiger partial charge on any atom is -0.462 e. The van der Waals surface area contributed by atoms with E-state index in [9.17, 15) is 19.8 Å². The molecular formula is C56H99NO5. The number of ether oxygens (including phenoxy) is 1. The number of hydrogen-bond donors (Lipinski definition) is 3. The summed E-state index contributed by atoms with van der Waals surface area (Å²) < 4.78 is 5.88. The lowest BCUT2D eigenvalue weighted by atomic mass is 10.0. The fourth-order valence-corrected chi connectivity index (χ4v) is 7.69. The molecule has 0 radical (unpaired) electrons. The van der Waals surface area contributed by atoms with Crippen molar-refractivity contribution in [2.45, 2.75) is 264 Å². The number of unbranched alkanes of at least 4 members (excludes halogenated alkanes) is 26. The van der Waals surface area contributed by atoms with Crippen molar-refractivity contribution in [2.24, 2.45) is 0 Å². The smallest absolute Gasteiger partial charge is 0.306 e. The van der Waals surface area contributed by atoms with Crippen LogP contribution in [-0.2, 0) is 14.3 Å². The fraction of sp³-hybridized carbons (Fsp3) is 0.750. The lowest BCUT2D eigenvalue weighted by Crippen LogP contribution is -2.46. The Morgan fingerprint density at radius 1 is 0.484 bits per heavy atom. The van der Waals surface area contributed by atoms with Crippen molar-refractivity contribution in [2.75, 3.05) is 6.61 Å². The fourth-order valence-electron chi connectivity index (χ4n) is 7.69. The van der Waals surface area contributed by atoms with Gasteiger partial charge in [0.25, 0.3) is 0 Å². The molecule has 3 atom stereocenters. The third-order valence-corrected chi connectivity index (χ3v) is 11.6. The van der Waals surface area contributed by atoms with Gasteiger partial charge in [0, 0.05) is 6.42 Å². The first-order valence-electron chi connectivity index (χ1n) is 26.2. The monoisotopic (exact) mass is 866 g/mol. The summed E-state index contributed by atoms with van der Waals surface area (Å²) in [7, 11) is 0. The Bertz CT molecular complexity index is 1150. The zero-order valence-corrected chi connectivity index (χ0v) is 40.7. The van der Waals surface area contributed by atoms with Crippen LogP contribution in [0.25, 0.3) is 0 Å². The van der Waals surface area contributed by atoms with Gasteiger partial charge in [0.1, 0.15) is 6.10 Å². The molecule has 0 aliphatic rings. The predicted molar refractivity (Wildman–Crippen MR) is 268 cm³/mol. The Balaban J connectivity index is 4.63. The van der Waals surface area contributed by atoms with E-state index < -0.39 is 18.2 Å². The van der Waals surface area contributed by atoms with Crippen molar-refractivity contribution in [1.29, 1.82) is 0 Å². The van der Waals surface area contributed by atoms with Crippen LogP contribution in [-0.4, -0.2) is 46.9 Å². The number of carbonyl (C=O) groups excluding carboxylic acids is 2. The number of amides is 1. The molecule has 358 valence electrons. The molecule has 3 unspecified atom stereocenters. The minimum atomic E-state index is -0.811. The van der Waals surface area contributed by atoms with Crippen LogP contribution < -0.4 is 5.32 Å². The van der Waals surface area contributed by atoms with Crippen LogP contribution in [0.2, 0.25) is 0 Å². The second kappa shape index (κ2) is 49.3. The molecule has 62 heavy (non-hydrogen) atoms. The molecule has 0 fully saturated rings. The van der Waals surface area contributed by atoms with Gasteiger partial charge < -0.3 is 20.3 Å². The molecule has 3 N–H and O–H groups in total. The molecule has 0 aromatic rings. The molecule has 6 nitrogen and oxygen atoms in total. The predicted octanol–water partition coefficient (Wildman–Crippen LogP) is 15.8. The number of hydrogen-bond acceptors (Lipinski definition) is 5. The van der Waals surface area contributed by atoms with E-state index in [2.05, 4.69) is 50.4 Å². The first kappa shape index (κ1) is 59.3. The molecule has 0 saturated carbocycles. The molecular weight excluding hydrogens is 767 g/mol. The van der Waals surface area contributed by atoms with Gasteiger partial charge in [-0.15, -0.1) is 0 Å². The van der Waals surface area contributed by atoms with Crippen molar-refractivity contribution in [1.82, 2.24) is 5.32 Å². The Kier molecular flexibility index (Phi) is 47.2. The van der Waals surface area contributed by atoms with E-state index in [0.717, 1.165) is 70.6 Å². The summed E-state index contributed by atoms with van der Waals surface area (Å²) in [5.41, 5.74) is 0. The summed E-state index contributed by atoms with van der Waals surface area (Å²) in [5.74, 6) is -0.566. The summed E-state index contributed by atoms with van der Waals surface area (Å²) in [6.45, 7) is 6.31. The van der Waals surface area contributed by atoms with E-state index in [1.165, 1.54) is 128 Å². The maximum absolute atomic E-state index is 13.2. The average Bonchev–Trinajstić information content (AvgIpc) is 3.26. The molecule has 0 aromatic carbocycles. The van der Waals surface area contributed by atoms with Gasteiger partial charge in [0.2, 0.25) is 5.91 Å². The van der Waals surface area contributed by atoms with E-state index in [-0.39, 0.29) is 24.9 Å². The molecule has 0 aromatic heterocycles. The zero-order chi connectivity index (χ0) is 45.2. The Morgan fingerprint density at radius 2 is 0.903 bits per heavy atom. The van der Waals surface area contributed by atoms with Gasteiger partial charge >= 0.3 is 5.97 Å². The van der Waals surface area contributed by atoms with Crippen LogP contribution in [0.15, 0.2) is 72.9 Å². The van der Waals surface area contributed by atoms with Crippen molar-refractivity contribution >= 4 is 11.9 Å².